The van der Waals surface area contributed by atoms with Crippen molar-refractivity contribution >= 4 is 11.7 Å². The average Bonchev–Trinajstić information content (AvgIpc) is 2.41. The lowest BCUT2D eigenvalue weighted by atomic mass is 10.1. The minimum Gasteiger partial charge on any atom is -0.353 e. The van der Waals surface area contributed by atoms with Gasteiger partial charge in [0.15, 0.2) is 5.82 Å². The Bertz CT molecular complexity index is 488. The molecular formula is C13H21N5O. The van der Waals surface area contributed by atoms with Crippen LogP contribution in [0, 0.1) is 13.8 Å². The van der Waals surface area contributed by atoms with Crippen molar-refractivity contribution in [2.75, 3.05) is 18.0 Å². The third-order valence-electron chi connectivity index (χ3n) is 3.75. The third-order valence-corrected chi connectivity index (χ3v) is 3.75. The van der Waals surface area contributed by atoms with E-state index >= 15 is 0 Å². The normalized spacial score (nSPS) is 19.5. The molecule has 1 aromatic heterocycles. The van der Waals surface area contributed by atoms with E-state index < -0.39 is 0 Å². The maximum Gasteiger partial charge on any atom is 0.242 e. The quantitative estimate of drug-likeness (QED) is 0.817. The zero-order chi connectivity index (χ0) is 14.0. The molecule has 2 heterocycles. The molecule has 1 aromatic rings. The summed E-state index contributed by atoms with van der Waals surface area (Å²) in [5.74, 6) is 0.809. The lowest BCUT2D eigenvalue weighted by molar-refractivity contribution is -0.123. The van der Waals surface area contributed by atoms with Crippen LogP contribution in [-0.2, 0) is 11.3 Å². The largest absolute Gasteiger partial charge is 0.353 e. The number of carbonyl (C=O) groups is 1. The fourth-order valence-electron chi connectivity index (χ4n) is 2.49. The van der Waals surface area contributed by atoms with Crippen molar-refractivity contribution in [2.45, 2.75) is 39.8 Å². The van der Waals surface area contributed by atoms with Crippen molar-refractivity contribution in [3.63, 3.8) is 0 Å². The number of rotatable bonds is 3. The Morgan fingerprint density at radius 1 is 1.42 bits per heavy atom. The zero-order valence-corrected chi connectivity index (χ0v) is 11.7. The second-order valence-electron chi connectivity index (χ2n) is 4.83. The van der Waals surface area contributed by atoms with E-state index in [1.807, 2.05) is 25.7 Å². The predicted molar refractivity (Wildman–Crippen MR) is 73.8 cm³/mol. The molecule has 0 saturated carbocycles. The molecule has 1 fully saturated rings. The summed E-state index contributed by atoms with van der Waals surface area (Å²) in [5, 5.41) is 11.3. The van der Waals surface area contributed by atoms with Crippen LogP contribution in [0.3, 0.4) is 0 Å². The number of aryl methyl sites for hydroxylation is 1. The van der Waals surface area contributed by atoms with E-state index in [2.05, 4.69) is 15.5 Å². The number of carbonyl (C=O) groups excluding carboxylic acids is 1. The summed E-state index contributed by atoms with van der Waals surface area (Å²) < 4.78 is 0. The van der Waals surface area contributed by atoms with Crippen LogP contribution in [0.1, 0.15) is 30.2 Å². The molecule has 0 radical (unpaired) electrons. The first-order chi connectivity index (χ1) is 9.10. The number of nitrogens with two attached hydrogens (primary N) is 1. The van der Waals surface area contributed by atoms with Gasteiger partial charge in [0.25, 0.3) is 0 Å². The standard InChI is InChI=1S/C13H21N5O/c1-4-11-13(19)15-5-6-18(11)12-10(7-14)8(2)9(3)16-17-12/h11H,4-7,14H2,1-3H3,(H,15,19). The van der Waals surface area contributed by atoms with Crippen LogP contribution in [0.4, 0.5) is 5.82 Å². The lowest BCUT2D eigenvalue weighted by Gasteiger charge is -2.36. The molecule has 1 atom stereocenters. The van der Waals surface area contributed by atoms with Crippen LogP contribution in [0.5, 0.6) is 0 Å². The Kier molecular flexibility index (Phi) is 3.99. The van der Waals surface area contributed by atoms with E-state index in [0.29, 0.717) is 13.1 Å². The van der Waals surface area contributed by atoms with Gasteiger partial charge in [-0.25, -0.2) is 0 Å². The topological polar surface area (TPSA) is 84.1 Å². The number of hydrogen-bond acceptors (Lipinski definition) is 5. The van der Waals surface area contributed by atoms with E-state index in [1.165, 1.54) is 0 Å². The molecule has 1 aliphatic rings. The molecule has 6 heteroatoms. The summed E-state index contributed by atoms with van der Waals surface area (Å²) in [6.45, 7) is 7.71. The van der Waals surface area contributed by atoms with Crippen LogP contribution in [-0.4, -0.2) is 35.2 Å². The highest BCUT2D eigenvalue weighted by atomic mass is 16.2. The molecule has 1 saturated heterocycles. The first kappa shape index (κ1) is 13.7. The van der Waals surface area contributed by atoms with Gasteiger partial charge in [-0.05, 0) is 25.8 Å². The number of aromatic nitrogens is 2. The molecular weight excluding hydrogens is 242 g/mol. The van der Waals surface area contributed by atoms with Gasteiger partial charge in [-0.2, -0.15) is 5.10 Å². The van der Waals surface area contributed by atoms with E-state index in [9.17, 15) is 4.79 Å². The van der Waals surface area contributed by atoms with Gasteiger partial charge in [-0.1, -0.05) is 6.92 Å². The minimum atomic E-state index is -0.185. The highest BCUT2D eigenvalue weighted by Crippen LogP contribution is 2.25. The molecule has 6 nitrogen and oxygen atoms in total. The minimum absolute atomic E-state index is 0.0525. The van der Waals surface area contributed by atoms with E-state index in [-0.39, 0.29) is 11.9 Å². The van der Waals surface area contributed by atoms with Crippen LogP contribution in [0.2, 0.25) is 0 Å². The predicted octanol–water partition coefficient (Wildman–Crippen LogP) is 0.267. The van der Waals surface area contributed by atoms with Gasteiger partial charge in [0.05, 0.1) is 5.69 Å². The molecule has 0 aromatic carbocycles. The number of amides is 1. The monoisotopic (exact) mass is 263 g/mol. The van der Waals surface area contributed by atoms with E-state index in [1.54, 1.807) is 0 Å². The van der Waals surface area contributed by atoms with Gasteiger partial charge >= 0.3 is 0 Å². The number of nitrogens with one attached hydrogen (secondary N) is 1. The van der Waals surface area contributed by atoms with Crippen molar-refractivity contribution in [3.05, 3.63) is 16.8 Å². The number of hydrogen-bond donors (Lipinski definition) is 2. The summed E-state index contributed by atoms with van der Waals surface area (Å²) >= 11 is 0. The summed E-state index contributed by atoms with van der Waals surface area (Å²) in [5.41, 5.74) is 8.79. The summed E-state index contributed by atoms with van der Waals surface area (Å²) in [4.78, 5) is 14.0. The van der Waals surface area contributed by atoms with Crippen molar-refractivity contribution in [1.82, 2.24) is 15.5 Å². The Morgan fingerprint density at radius 3 is 2.79 bits per heavy atom. The Balaban J connectivity index is 2.45. The van der Waals surface area contributed by atoms with Gasteiger partial charge in [0, 0.05) is 25.2 Å². The maximum absolute atomic E-state index is 11.9. The highest BCUT2D eigenvalue weighted by Gasteiger charge is 2.31. The molecule has 0 spiro atoms. The Labute approximate surface area is 113 Å². The number of piperazine rings is 1. The number of nitrogens with zero attached hydrogens (tertiary/aromatic N) is 3. The zero-order valence-electron chi connectivity index (χ0n) is 11.7. The Hall–Kier alpha value is -1.69. The van der Waals surface area contributed by atoms with Crippen molar-refractivity contribution in [2.24, 2.45) is 5.73 Å². The van der Waals surface area contributed by atoms with Gasteiger partial charge in [0.2, 0.25) is 5.91 Å². The Morgan fingerprint density at radius 2 is 2.16 bits per heavy atom. The second kappa shape index (κ2) is 5.52. The van der Waals surface area contributed by atoms with Gasteiger partial charge < -0.3 is 16.0 Å². The molecule has 1 unspecified atom stereocenters. The van der Waals surface area contributed by atoms with E-state index in [4.69, 9.17) is 5.73 Å². The molecule has 104 valence electrons. The molecule has 1 amide bonds. The fraction of sp³-hybridized carbons (Fsp3) is 0.615. The summed E-state index contributed by atoms with van der Waals surface area (Å²) in [6.07, 6.45) is 0.741. The first-order valence-electron chi connectivity index (χ1n) is 6.67. The molecule has 0 aliphatic carbocycles. The molecule has 19 heavy (non-hydrogen) atoms. The van der Waals surface area contributed by atoms with Gasteiger partial charge in [0.1, 0.15) is 6.04 Å². The van der Waals surface area contributed by atoms with Crippen LogP contribution in [0.15, 0.2) is 0 Å². The van der Waals surface area contributed by atoms with Crippen LogP contribution < -0.4 is 16.0 Å². The average molecular weight is 263 g/mol. The molecule has 1 aliphatic heterocycles. The van der Waals surface area contributed by atoms with Crippen molar-refractivity contribution in [3.8, 4) is 0 Å². The molecule has 3 N–H and O–H groups in total. The summed E-state index contributed by atoms with van der Waals surface area (Å²) in [6, 6.07) is -0.185. The van der Waals surface area contributed by atoms with Crippen molar-refractivity contribution < 1.29 is 4.79 Å². The third kappa shape index (κ3) is 2.40. The van der Waals surface area contributed by atoms with Gasteiger partial charge in [-0.15, -0.1) is 5.10 Å². The van der Waals surface area contributed by atoms with Crippen LogP contribution >= 0.6 is 0 Å². The molecule has 0 bridgehead atoms. The van der Waals surface area contributed by atoms with Crippen LogP contribution in [0.25, 0.3) is 0 Å². The van der Waals surface area contributed by atoms with Crippen molar-refractivity contribution in [1.29, 1.82) is 0 Å². The summed E-state index contributed by atoms with van der Waals surface area (Å²) in [7, 11) is 0. The van der Waals surface area contributed by atoms with E-state index in [0.717, 1.165) is 35.6 Å². The smallest absolute Gasteiger partial charge is 0.242 e. The maximum atomic E-state index is 11.9. The lowest BCUT2D eigenvalue weighted by Crippen LogP contribution is -2.55. The SMILES string of the molecule is CCC1C(=O)NCCN1c1nnc(C)c(C)c1CN. The van der Waals surface area contributed by atoms with Gasteiger partial charge in [-0.3, -0.25) is 4.79 Å². The first-order valence-corrected chi connectivity index (χ1v) is 6.67. The highest BCUT2D eigenvalue weighted by molar-refractivity contribution is 5.86. The second-order valence-corrected chi connectivity index (χ2v) is 4.83. The fourth-order valence-corrected chi connectivity index (χ4v) is 2.49. The number of anilines is 1. The molecule has 2 rings (SSSR count).